The van der Waals surface area contributed by atoms with Crippen LogP contribution >= 0.6 is 0 Å². The fourth-order valence-electron chi connectivity index (χ4n) is 6.59. The van der Waals surface area contributed by atoms with Crippen LogP contribution in [0.2, 0.25) is 0 Å². The van der Waals surface area contributed by atoms with Gasteiger partial charge >= 0.3 is 0 Å². The maximum Gasteiger partial charge on any atom is 0.277 e. The maximum absolute atomic E-state index is 11.8. The molecule has 0 spiro atoms. The molecule has 3 aliphatic rings. The highest BCUT2D eigenvalue weighted by atomic mass is 16.6. The lowest BCUT2D eigenvalue weighted by Crippen LogP contribution is -1.95. The lowest BCUT2D eigenvalue weighted by Gasteiger charge is -2.17. The minimum Gasteiger partial charge on any atom is -0.258 e. The average molecular weight is 423 g/mol. The molecular weight excluding hydrogens is 406 g/mol. The molecule has 0 amide bonds. The standard InChI is InChI=1S/C30H17NO2/c32-31(33)25-13-12-22-27-20(25)10-5-11-21(27)29-24-14-16-6-1-3-8-18(16)26(24)23-15-17-7-2-4-9-19(17)28(23)30(22)29/h1-13H,14-15H2. The Morgan fingerprint density at radius 1 is 0.576 bits per heavy atom. The van der Waals surface area contributed by atoms with Crippen molar-refractivity contribution in [1.82, 2.24) is 0 Å². The zero-order chi connectivity index (χ0) is 21.8. The SMILES string of the molecule is O=[N+]([O-])c1ccc2c3c(cccc13)-c1c3c(c4c(c1-2)-c1ccccc1C4)-c1ccccc1C3. The molecule has 5 aromatic rings. The van der Waals surface area contributed by atoms with E-state index >= 15 is 0 Å². The molecular formula is C30H17NO2. The fourth-order valence-corrected chi connectivity index (χ4v) is 6.59. The largest absolute Gasteiger partial charge is 0.277 e. The van der Waals surface area contributed by atoms with Gasteiger partial charge in [-0.25, -0.2) is 0 Å². The van der Waals surface area contributed by atoms with Gasteiger partial charge in [-0.05, 0) is 91.7 Å². The van der Waals surface area contributed by atoms with Crippen LogP contribution in [0.25, 0.3) is 55.3 Å². The van der Waals surface area contributed by atoms with E-state index in [-0.39, 0.29) is 10.6 Å². The number of hydrogen-bond donors (Lipinski definition) is 0. The molecule has 0 N–H and O–H groups in total. The van der Waals surface area contributed by atoms with Crippen LogP contribution in [-0.4, -0.2) is 4.92 Å². The van der Waals surface area contributed by atoms with Gasteiger partial charge in [0.2, 0.25) is 0 Å². The molecule has 0 heterocycles. The molecule has 3 heteroatoms. The predicted molar refractivity (Wildman–Crippen MR) is 132 cm³/mol. The Balaban J connectivity index is 1.59. The number of non-ortho nitro benzene ring substituents is 1. The molecule has 5 aromatic carbocycles. The summed E-state index contributed by atoms with van der Waals surface area (Å²) in [6.07, 6.45) is 1.84. The van der Waals surface area contributed by atoms with Crippen molar-refractivity contribution in [2.75, 3.05) is 0 Å². The van der Waals surface area contributed by atoms with E-state index < -0.39 is 0 Å². The second-order valence-corrected chi connectivity index (χ2v) is 9.24. The first-order chi connectivity index (χ1) is 16.2. The van der Waals surface area contributed by atoms with Gasteiger partial charge in [-0.3, -0.25) is 10.1 Å². The van der Waals surface area contributed by atoms with Crippen molar-refractivity contribution < 1.29 is 4.92 Å². The molecule has 0 unspecified atom stereocenters. The van der Waals surface area contributed by atoms with E-state index in [4.69, 9.17) is 0 Å². The first-order valence-electron chi connectivity index (χ1n) is 11.3. The minimum absolute atomic E-state index is 0.181. The number of fused-ring (bicyclic) bond motifs is 12. The first-order valence-corrected chi connectivity index (χ1v) is 11.3. The Bertz CT molecular complexity index is 1750. The summed E-state index contributed by atoms with van der Waals surface area (Å²) in [7, 11) is 0. The summed E-state index contributed by atoms with van der Waals surface area (Å²) in [5, 5.41) is 13.6. The van der Waals surface area contributed by atoms with Crippen molar-refractivity contribution in [2.45, 2.75) is 12.8 Å². The van der Waals surface area contributed by atoms with Gasteiger partial charge in [-0.15, -0.1) is 0 Å². The van der Waals surface area contributed by atoms with Crippen LogP contribution in [0.4, 0.5) is 5.69 Å². The van der Waals surface area contributed by atoms with Crippen molar-refractivity contribution in [3.63, 3.8) is 0 Å². The Kier molecular flexibility index (Phi) is 3.02. The van der Waals surface area contributed by atoms with E-state index in [1.54, 1.807) is 6.07 Å². The molecule has 0 aromatic heterocycles. The number of rotatable bonds is 1. The van der Waals surface area contributed by atoms with Crippen LogP contribution in [-0.2, 0) is 12.8 Å². The number of nitrogens with zero attached hydrogens (tertiary/aromatic N) is 1. The van der Waals surface area contributed by atoms with Crippen LogP contribution in [0.3, 0.4) is 0 Å². The van der Waals surface area contributed by atoms with Gasteiger partial charge in [-0.2, -0.15) is 0 Å². The van der Waals surface area contributed by atoms with E-state index in [0.29, 0.717) is 0 Å². The van der Waals surface area contributed by atoms with Crippen molar-refractivity contribution in [1.29, 1.82) is 0 Å². The zero-order valence-electron chi connectivity index (χ0n) is 17.7. The topological polar surface area (TPSA) is 43.1 Å². The van der Waals surface area contributed by atoms with Gasteiger partial charge in [0.05, 0.1) is 10.3 Å². The van der Waals surface area contributed by atoms with E-state index in [1.807, 2.05) is 18.2 Å². The van der Waals surface area contributed by atoms with Crippen LogP contribution in [0.1, 0.15) is 22.3 Å². The van der Waals surface area contributed by atoms with E-state index in [1.165, 1.54) is 55.6 Å². The molecule has 154 valence electrons. The van der Waals surface area contributed by atoms with E-state index in [0.717, 1.165) is 34.7 Å². The summed E-state index contributed by atoms with van der Waals surface area (Å²) < 4.78 is 0. The van der Waals surface area contributed by atoms with E-state index in [2.05, 4.69) is 54.6 Å². The number of benzene rings is 5. The van der Waals surface area contributed by atoms with Crippen LogP contribution in [0.5, 0.6) is 0 Å². The normalized spacial score (nSPS) is 13.5. The van der Waals surface area contributed by atoms with Crippen LogP contribution in [0, 0.1) is 10.1 Å². The molecule has 0 bridgehead atoms. The highest BCUT2D eigenvalue weighted by Gasteiger charge is 2.38. The monoisotopic (exact) mass is 423 g/mol. The second kappa shape index (κ2) is 5.76. The molecule has 3 aliphatic carbocycles. The summed E-state index contributed by atoms with van der Waals surface area (Å²) >= 11 is 0. The molecule has 0 radical (unpaired) electrons. The molecule has 0 saturated carbocycles. The Hall–Kier alpha value is -4.24. The quantitative estimate of drug-likeness (QED) is 0.202. The Morgan fingerprint density at radius 3 is 1.85 bits per heavy atom. The van der Waals surface area contributed by atoms with Crippen molar-refractivity contribution in [3.05, 3.63) is 111 Å². The third-order valence-electron chi connectivity index (χ3n) is 7.77. The average Bonchev–Trinajstić information content (AvgIpc) is 3.49. The predicted octanol–water partition coefficient (Wildman–Crippen LogP) is 7.54. The number of nitro benzene ring substituents is 1. The summed E-state index contributed by atoms with van der Waals surface area (Å²) in [4.78, 5) is 11.6. The molecule has 0 aliphatic heterocycles. The zero-order valence-corrected chi connectivity index (χ0v) is 17.7. The highest BCUT2D eigenvalue weighted by Crippen LogP contribution is 2.61. The fraction of sp³-hybridized carbons (Fsp3) is 0.0667. The molecule has 8 rings (SSSR count). The van der Waals surface area contributed by atoms with Crippen LogP contribution in [0.15, 0.2) is 78.9 Å². The Labute approximate surface area is 190 Å². The van der Waals surface area contributed by atoms with Gasteiger partial charge in [0, 0.05) is 11.5 Å². The van der Waals surface area contributed by atoms with Crippen molar-refractivity contribution >= 4 is 16.5 Å². The summed E-state index contributed by atoms with van der Waals surface area (Å²) in [6, 6.07) is 27.2. The third-order valence-corrected chi connectivity index (χ3v) is 7.77. The van der Waals surface area contributed by atoms with Crippen LogP contribution < -0.4 is 0 Å². The Morgan fingerprint density at radius 2 is 1.15 bits per heavy atom. The number of hydrogen-bond acceptors (Lipinski definition) is 2. The minimum atomic E-state index is -0.258. The lowest BCUT2D eigenvalue weighted by molar-refractivity contribution is -0.383. The molecule has 0 saturated heterocycles. The van der Waals surface area contributed by atoms with E-state index in [9.17, 15) is 10.1 Å². The van der Waals surface area contributed by atoms with Gasteiger partial charge in [0.25, 0.3) is 5.69 Å². The first kappa shape index (κ1) is 17.3. The van der Waals surface area contributed by atoms with Crippen molar-refractivity contribution in [3.8, 4) is 44.5 Å². The van der Waals surface area contributed by atoms with Gasteiger partial charge in [-0.1, -0.05) is 60.7 Å². The lowest BCUT2D eigenvalue weighted by atomic mass is 9.85. The smallest absolute Gasteiger partial charge is 0.258 e. The summed E-state index contributed by atoms with van der Waals surface area (Å²) in [5.41, 5.74) is 15.9. The van der Waals surface area contributed by atoms with Gasteiger partial charge in [0.1, 0.15) is 0 Å². The summed E-state index contributed by atoms with van der Waals surface area (Å²) in [6.45, 7) is 0. The maximum atomic E-state index is 11.8. The molecule has 0 atom stereocenters. The van der Waals surface area contributed by atoms with Gasteiger partial charge in [0.15, 0.2) is 0 Å². The second-order valence-electron chi connectivity index (χ2n) is 9.24. The molecule has 33 heavy (non-hydrogen) atoms. The summed E-state index contributed by atoms with van der Waals surface area (Å²) in [5.74, 6) is 0. The highest BCUT2D eigenvalue weighted by molar-refractivity contribution is 6.23. The molecule has 0 fully saturated rings. The van der Waals surface area contributed by atoms with Crippen molar-refractivity contribution in [2.24, 2.45) is 0 Å². The molecule has 3 nitrogen and oxygen atoms in total. The van der Waals surface area contributed by atoms with Gasteiger partial charge < -0.3 is 0 Å². The number of nitro groups is 1. The third kappa shape index (κ3) is 1.97.